The van der Waals surface area contributed by atoms with Gasteiger partial charge in [0, 0.05) is 0 Å². The SMILES string of the molecule is C=CCC1C(N)C(=O)N1S(=O)(=O)O. The quantitative estimate of drug-likeness (QED) is 0.347. The number of carbonyl (C=O) groups is 1. The summed E-state index contributed by atoms with van der Waals surface area (Å²) in [6.07, 6.45) is 1.68. The lowest BCUT2D eigenvalue weighted by atomic mass is 9.97. The molecular weight excluding hydrogens is 196 g/mol. The lowest BCUT2D eigenvalue weighted by molar-refractivity contribution is -0.140. The minimum Gasteiger partial charge on any atom is -0.318 e. The minimum absolute atomic E-state index is 0.243. The first-order valence-electron chi connectivity index (χ1n) is 3.56. The number of carbonyl (C=O) groups excluding carboxylic acids is 1. The Labute approximate surface area is 75.9 Å². The molecule has 0 aromatic rings. The van der Waals surface area contributed by atoms with Gasteiger partial charge in [-0.25, -0.2) is 4.31 Å². The molecule has 6 nitrogen and oxygen atoms in total. The number of nitrogens with zero attached hydrogens (tertiary/aromatic N) is 1. The van der Waals surface area contributed by atoms with E-state index in [0.29, 0.717) is 4.31 Å². The average molecular weight is 206 g/mol. The average Bonchev–Trinajstić information content (AvgIpc) is 2.01. The maximum Gasteiger partial charge on any atom is 0.362 e. The summed E-state index contributed by atoms with van der Waals surface area (Å²) in [5.41, 5.74) is 5.32. The van der Waals surface area contributed by atoms with Crippen LogP contribution in [0.4, 0.5) is 0 Å². The molecule has 0 spiro atoms. The van der Waals surface area contributed by atoms with Crippen LogP contribution in [0.1, 0.15) is 6.42 Å². The molecule has 3 N–H and O–H groups in total. The second-order valence-electron chi connectivity index (χ2n) is 2.73. The van der Waals surface area contributed by atoms with Gasteiger partial charge >= 0.3 is 10.3 Å². The summed E-state index contributed by atoms with van der Waals surface area (Å²) in [6, 6.07) is -1.56. The zero-order valence-corrected chi connectivity index (χ0v) is 7.57. The normalized spacial score (nSPS) is 28.5. The Morgan fingerprint density at radius 3 is 2.62 bits per heavy atom. The van der Waals surface area contributed by atoms with Crippen molar-refractivity contribution in [2.45, 2.75) is 18.5 Å². The molecule has 1 saturated heterocycles. The number of hydrogen-bond acceptors (Lipinski definition) is 4. The molecule has 0 bridgehead atoms. The second kappa shape index (κ2) is 3.09. The molecule has 0 aliphatic carbocycles. The third-order valence-corrected chi connectivity index (χ3v) is 2.82. The van der Waals surface area contributed by atoms with Crippen LogP contribution >= 0.6 is 0 Å². The van der Waals surface area contributed by atoms with Crippen molar-refractivity contribution in [3.05, 3.63) is 12.7 Å². The number of β-lactam (4-membered cyclic amide) rings is 1. The molecule has 1 aliphatic rings. The van der Waals surface area contributed by atoms with Gasteiger partial charge in [-0.1, -0.05) is 6.08 Å². The Bertz CT molecular complexity index is 337. The first-order valence-corrected chi connectivity index (χ1v) is 4.96. The zero-order chi connectivity index (χ0) is 10.2. The van der Waals surface area contributed by atoms with E-state index in [1.165, 1.54) is 6.08 Å². The summed E-state index contributed by atoms with van der Waals surface area (Å²) in [4.78, 5) is 10.9. The van der Waals surface area contributed by atoms with Crippen LogP contribution in [-0.4, -0.2) is 35.3 Å². The first-order chi connectivity index (χ1) is 5.89. The van der Waals surface area contributed by atoms with Crippen molar-refractivity contribution in [2.75, 3.05) is 0 Å². The van der Waals surface area contributed by atoms with E-state index in [-0.39, 0.29) is 6.42 Å². The number of nitrogens with two attached hydrogens (primary N) is 1. The van der Waals surface area contributed by atoms with Gasteiger partial charge < -0.3 is 5.73 Å². The topological polar surface area (TPSA) is 101 Å². The monoisotopic (exact) mass is 206 g/mol. The Hall–Kier alpha value is -0.920. The molecule has 0 radical (unpaired) electrons. The summed E-state index contributed by atoms with van der Waals surface area (Å²) < 4.78 is 30.2. The Balaban J connectivity index is 2.86. The molecule has 0 aromatic heterocycles. The predicted octanol–water partition coefficient (Wildman–Crippen LogP) is -1.10. The van der Waals surface area contributed by atoms with Crippen LogP contribution in [0.3, 0.4) is 0 Å². The summed E-state index contributed by atoms with van der Waals surface area (Å²) >= 11 is 0. The van der Waals surface area contributed by atoms with Gasteiger partial charge in [-0.3, -0.25) is 9.35 Å². The summed E-state index contributed by atoms with van der Waals surface area (Å²) in [7, 11) is -4.46. The number of hydrogen-bond donors (Lipinski definition) is 2. The third kappa shape index (κ3) is 1.58. The van der Waals surface area contributed by atoms with E-state index >= 15 is 0 Å². The van der Waals surface area contributed by atoms with Gasteiger partial charge in [-0.2, -0.15) is 8.42 Å². The maximum absolute atomic E-state index is 10.9. The first kappa shape index (κ1) is 10.2. The molecule has 0 saturated carbocycles. The fourth-order valence-electron chi connectivity index (χ4n) is 1.24. The van der Waals surface area contributed by atoms with E-state index in [0.717, 1.165) is 0 Å². The Kier molecular flexibility index (Phi) is 2.42. The highest BCUT2D eigenvalue weighted by Crippen LogP contribution is 2.24. The van der Waals surface area contributed by atoms with Crippen LogP contribution in [0.5, 0.6) is 0 Å². The van der Waals surface area contributed by atoms with Crippen LogP contribution in [0.15, 0.2) is 12.7 Å². The molecule has 1 heterocycles. The van der Waals surface area contributed by atoms with Gasteiger partial charge in [-0.05, 0) is 6.42 Å². The van der Waals surface area contributed by atoms with E-state index in [4.69, 9.17) is 10.3 Å². The van der Waals surface area contributed by atoms with Crippen LogP contribution < -0.4 is 5.73 Å². The van der Waals surface area contributed by atoms with Gasteiger partial charge in [0.2, 0.25) is 0 Å². The van der Waals surface area contributed by atoms with Gasteiger partial charge in [0.05, 0.1) is 6.04 Å². The molecule has 1 amide bonds. The van der Waals surface area contributed by atoms with E-state index in [2.05, 4.69) is 6.58 Å². The lowest BCUT2D eigenvalue weighted by Gasteiger charge is -2.41. The number of rotatable bonds is 3. The van der Waals surface area contributed by atoms with Crippen LogP contribution in [0, 0.1) is 0 Å². The molecule has 7 heteroatoms. The van der Waals surface area contributed by atoms with Crippen molar-refractivity contribution in [2.24, 2.45) is 5.73 Å². The molecule has 1 fully saturated rings. The maximum atomic E-state index is 10.9. The van der Waals surface area contributed by atoms with Crippen molar-refractivity contribution in [1.29, 1.82) is 0 Å². The molecule has 1 rings (SSSR count). The molecular formula is C6H10N2O4S. The van der Waals surface area contributed by atoms with E-state index in [1.807, 2.05) is 0 Å². The molecule has 2 atom stereocenters. The van der Waals surface area contributed by atoms with Gasteiger partial charge in [0.1, 0.15) is 6.04 Å². The zero-order valence-electron chi connectivity index (χ0n) is 6.75. The molecule has 13 heavy (non-hydrogen) atoms. The molecule has 74 valence electrons. The minimum atomic E-state index is -4.46. The third-order valence-electron chi connectivity index (χ3n) is 1.87. The molecule has 0 aromatic carbocycles. The second-order valence-corrected chi connectivity index (χ2v) is 4.02. The van der Waals surface area contributed by atoms with Crippen LogP contribution in [0.25, 0.3) is 0 Å². The van der Waals surface area contributed by atoms with E-state index in [9.17, 15) is 13.2 Å². The van der Waals surface area contributed by atoms with Gasteiger partial charge in [0.25, 0.3) is 5.91 Å². The Morgan fingerprint density at radius 1 is 1.69 bits per heavy atom. The van der Waals surface area contributed by atoms with Crippen molar-refractivity contribution in [1.82, 2.24) is 4.31 Å². The smallest absolute Gasteiger partial charge is 0.318 e. The van der Waals surface area contributed by atoms with Crippen molar-refractivity contribution >= 4 is 16.2 Å². The summed E-state index contributed by atoms with van der Waals surface area (Å²) in [5.74, 6) is -0.783. The predicted molar refractivity (Wildman–Crippen MR) is 45.0 cm³/mol. The van der Waals surface area contributed by atoms with E-state index < -0.39 is 28.3 Å². The fraction of sp³-hybridized carbons (Fsp3) is 0.500. The van der Waals surface area contributed by atoms with Gasteiger partial charge in [-0.15, -0.1) is 6.58 Å². The molecule has 2 unspecified atom stereocenters. The van der Waals surface area contributed by atoms with E-state index in [1.54, 1.807) is 0 Å². The van der Waals surface area contributed by atoms with Crippen molar-refractivity contribution in [3.8, 4) is 0 Å². The van der Waals surface area contributed by atoms with Gasteiger partial charge in [0.15, 0.2) is 0 Å². The van der Waals surface area contributed by atoms with Crippen molar-refractivity contribution < 1.29 is 17.8 Å². The number of amides is 1. The highest BCUT2D eigenvalue weighted by molar-refractivity contribution is 7.84. The lowest BCUT2D eigenvalue weighted by Crippen LogP contribution is -2.69. The Morgan fingerprint density at radius 2 is 2.23 bits per heavy atom. The molecule has 1 aliphatic heterocycles. The van der Waals surface area contributed by atoms with Crippen LogP contribution in [0.2, 0.25) is 0 Å². The highest BCUT2D eigenvalue weighted by atomic mass is 32.2. The standard InChI is InChI=1S/C6H10N2O4S/c1-2-3-4-5(7)6(9)8(4)13(10,11)12/h2,4-5H,1,3,7H2,(H,10,11,12). The highest BCUT2D eigenvalue weighted by Gasteiger charge is 2.50. The van der Waals surface area contributed by atoms with Crippen LogP contribution in [-0.2, 0) is 15.1 Å². The summed E-state index contributed by atoms with van der Waals surface area (Å²) in [6.45, 7) is 3.39. The largest absolute Gasteiger partial charge is 0.362 e. The summed E-state index contributed by atoms with van der Waals surface area (Å²) in [5, 5.41) is 0. The van der Waals surface area contributed by atoms with Crippen molar-refractivity contribution in [3.63, 3.8) is 0 Å². The fourth-order valence-corrected chi connectivity index (χ4v) is 2.15.